The van der Waals surface area contributed by atoms with E-state index >= 15 is 0 Å². The summed E-state index contributed by atoms with van der Waals surface area (Å²) in [5.41, 5.74) is 7.67. The summed E-state index contributed by atoms with van der Waals surface area (Å²) in [5, 5.41) is 0.461. The SMILES string of the molecule is Cc1ccc(F)cc1-c1nc(N)ccc1Cl. The van der Waals surface area contributed by atoms with Gasteiger partial charge in [0.2, 0.25) is 0 Å². The fourth-order valence-corrected chi connectivity index (χ4v) is 1.70. The first kappa shape index (κ1) is 10.9. The van der Waals surface area contributed by atoms with E-state index in [1.54, 1.807) is 18.2 Å². The Balaban J connectivity index is 2.66. The number of nitrogens with two attached hydrogens (primary N) is 1. The lowest BCUT2D eigenvalue weighted by molar-refractivity contribution is 0.628. The fourth-order valence-electron chi connectivity index (χ4n) is 1.50. The van der Waals surface area contributed by atoms with E-state index in [2.05, 4.69) is 4.98 Å². The van der Waals surface area contributed by atoms with Gasteiger partial charge in [-0.25, -0.2) is 9.37 Å². The third kappa shape index (κ3) is 1.99. The lowest BCUT2D eigenvalue weighted by Crippen LogP contribution is -1.94. The van der Waals surface area contributed by atoms with Gasteiger partial charge in [0.15, 0.2) is 0 Å². The van der Waals surface area contributed by atoms with Gasteiger partial charge in [0, 0.05) is 5.56 Å². The minimum absolute atomic E-state index is 0.319. The summed E-state index contributed by atoms with van der Waals surface area (Å²) in [4.78, 5) is 4.12. The standard InChI is InChI=1S/C12H10ClFN2/c1-7-2-3-8(14)6-9(7)12-10(13)4-5-11(15)16-12/h2-6H,1H3,(H2,15,16). The van der Waals surface area contributed by atoms with Crippen LogP contribution in [-0.2, 0) is 0 Å². The van der Waals surface area contributed by atoms with Crippen molar-refractivity contribution in [3.05, 3.63) is 46.7 Å². The Hall–Kier alpha value is -1.61. The molecule has 2 N–H and O–H groups in total. The monoisotopic (exact) mass is 236 g/mol. The van der Waals surface area contributed by atoms with Gasteiger partial charge in [-0.15, -0.1) is 0 Å². The van der Waals surface area contributed by atoms with Crippen LogP contribution in [0.25, 0.3) is 11.3 Å². The number of rotatable bonds is 1. The fraction of sp³-hybridized carbons (Fsp3) is 0.0833. The van der Waals surface area contributed by atoms with Crippen LogP contribution in [0.2, 0.25) is 5.02 Å². The smallest absolute Gasteiger partial charge is 0.124 e. The normalized spacial score (nSPS) is 10.4. The van der Waals surface area contributed by atoms with E-state index in [1.165, 1.54) is 12.1 Å². The number of aryl methyl sites for hydroxylation is 1. The highest BCUT2D eigenvalue weighted by Crippen LogP contribution is 2.29. The number of anilines is 1. The van der Waals surface area contributed by atoms with E-state index in [-0.39, 0.29) is 5.82 Å². The second kappa shape index (κ2) is 4.10. The molecule has 2 rings (SSSR count). The molecule has 0 unspecified atom stereocenters. The predicted octanol–water partition coefficient (Wildman–Crippen LogP) is 3.43. The zero-order chi connectivity index (χ0) is 11.7. The van der Waals surface area contributed by atoms with Crippen LogP contribution < -0.4 is 5.73 Å². The molecule has 0 bridgehead atoms. The molecule has 0 aliphatic carbocycles. The summed E-state index contributed by atoms with van der Waals surface area (Å²) in [6.07, 6.45) is 0. The summed E-state index contributed by atoms with van der Waals surface area (Å²) >= 11 is 6.01. The molecule has 82 valence electrons. The summed E-state index contributed by atoms with van der Waals surface area (Å²) < 4.78 is 13.2. The minimum Gasteiger partial charge on any atom is -0.384 e. The van der Waals surface area contributed by atoms with Crippen molar-refractivity contribution < 1.29 is 4.39 Å². The van der Waals surface area contributed by atoms with Crippen LogP contribution in [0.5, 0.6) is 0 Å². The highest BCUT2D eigenvalue weighted by Gasteiger charge is 2.09. The molecule has 0 saturated heterocycles. The Kier molecular flexibility index (Phi) is 2.79. The number of nitrogen functional groups attached to an aromatic ring is 1. The number of hydrogen-bond donors (Lipinski definition) is 1. The molecule has 0 aliphatic rings. The Morgan fingerprint density at radius 3 is 2.75 bits per heavy atom. The van der Waals surface area contributed by atoms with Gasteiger partial charge in [-0.05, 0) is 36.8 Å². The summed E-state index contributed by atoms with van der Waals surface area (Å²) in [6, 6.07) is 7.76. The van der Waals surface area contributed by atoms with E-state index in [4.69, 9.17) is 17.3 Å². The first-order valence-electron chi connectivity index (χ1n) is 4.76. The van der Waals surface area contributed by atoms with Crippen molar-refractivity contribution in [1.82, 2.24) is 4.98 Å². The number of halogens is 2. The largest absolute Gasteiger partial charge is 0.384 e. The van der Waals surface area contributed by atoms with Gasteiger partial charge in [0.05, 0.1) is 10.7 Å². The van der Waals surface area contributed by atoms with Crippen LogP contribution in [0.15, 0.2) is 30.3 Å². The highest BCUT2D eigenvalue weighted by atomic mass is 35.5. The average Bonchev–Trinajstić information content (AvgIpc) is 2.25. The van der Waals surface area contributed by atoms with Crippen LogP contribution in [0.4, 0.5) is 10.2 Å². The van der Waals surface area contributed by atoms with Gasteiger partial charge in [-0.2, -0.15) is 0 Å². The number of hydrogen-bond acceptors (Lipinski definition) is 2. The van der Waals surface area contributed by atoms with Crippen LogP contribution in [-0.4, -0.2) is 4.98 Å². The quantitative estimate of drug-likeness (QED) is 0.824. The van der Waals surface area contributed by atoms with Gasteiger partial charge in [0.25, 0.3) is 0 Å². The molecule has 1 aromatic carbocycles. The first-order valence-corrected chi connectivity index (χ1v) is 5.14. The zero-order valence-corrected chi connectivity index (χ0v) is 9.42. The Bertz CT molecular complexity index is 491. The molecule has 1 aromatic heterocycles. The van der Waals surface area contributed by atoms with Crippen molar-refractivity contribution in [3.63, 3.8) is 0 Å². The summed E-state index contributed by atoms with van der Waals surface area (Å²) in [7, 11) is 0. The predicted molar refractivity (Wildman–Crippen MR) is 63.8 cm³/mol. The summed E-state index contributed by atoms with van der Waals surface area (Å²) in [5.74, 6) is 0.0453. The Labute approximate surface area is 97.9 Å². The maximum atomic E-state index is 13.2. The van der Waals surface area contributed by atoms with Gasteiger partial charge in [-0.1, -0.05) is 17.7 Å². The first-order chi connectivity index (χ1) is 7.58. The summed E-state index contributed by atoms with van der Waals surface area (Å²) in [6.45, 7) is 1.87. The molecular weight excluding hydrogens is 227 g/mol. The lowest BCUT2D eigenvalue weighted by atomic mass is 10.0. The molecular formula is C12H10ClFN2. The van der Waals surface area contributed by atoms with Gasteiger partial charge < -0.3 is 5.73 Å². The molecule has 0 radical (unpaired) electrons. The van der Waals surface area contributed by atoms with Crippen LogP contribution >= 0.6 is 11.6 Å². The lowest BCUT2D eigenvalue weighted by Gasteiger charge is -2.07. The van der Waals surface area contributed by atoms with Crippen molar-refractivity contribution in [1.29, 1.82) is 0 Å². The molecule has 0 atom stereocenters. The number of nitrogens with zero attached hydrogens (tertiary/aromatic N) is 1. The Morgan fingerprint density at radius 1 is 1.25 bits per heavy atom. The van der Waals surface area contributed by atoms with E-state index < -0.39 is 0 Å². The average molecular weight is 237 g/mol. The van der Waals surface area contributed by atoms with E-state index in [9.17, 15) is 4.39 Å². The van der Waals surface area contributed by atoms with Crippen molar-refractivity contribution in [3.8, 4) is 11.3 Å². The maximum absolute atomic E-state index is 13.2. The molecule has 0 spiro atoms. The van der Waals surface area contributed by atoms with Crippen LogP contribution in [0.1, 0.15) is 5.56 Å². The Morgan fingerprint density at radius 2 is 2.00 bits per heavy atom. The molecule has 1 heterocycles. The second-order valence-corrected chi connectivity index (χ2v) is 3.93. The van der Waals surface area contributed by atoms with Crippen molar-refractivity contribution >= 4 is 17.4 Å². The van der Waals surface area contributed by atoms with Crippen molar-refractivity contribution in [2.24, 2.45) is 0 Å². The minimum atomic E-state index is -0.319. The number of aromatic nitrogens is 1. The van der Waals surface area contributed by atoms with Gasteiger partial charge >= 0.3 is 0 Å². The number of benzene rings is 1. The van der Waals surface area contributed by atoms with Crippen LogP contribution in [0.3, 0.4) is 0 Å². The number of pyridine rings is 1. The molecule has 4 heteroatoms. The maximum Gasteiger partial charge on any atom is 0.124 e. The van der Waals surface area contributed by atoms with E-state index in [0.29, 0.717) is 22.1 Å². The van der Waals surface area contributed by atoms with Crippen molar-refractivity contribution in [2.45, 2.75) is 6.92 Å². The molecule has 0 amide bonds. The third-order valence-electron chi connectivity index (χ3n) is 2.32. The third-order valence-corrected chi connectivity index (χ3v) is 2.63. The topological polar surface area (TPSA) is 38.9 Å². The molecule has 2 nitrogen and oxygen atoms in total. The second-order valence-electron chi connectivity index (χ2n) is 3.53. The molecule has 2 aromatic rings. The molecule has 16 heavy (non-hydrogen) atoms. The highest BCUT2D eigenvalue weighted by molar-refractivity contribution is 6.33. The van der Waals surface area contributed by atoms with E-state index in [0.717, 1.165) is 5.56 Å². The van der Waals surface area contributed by atoms with Crippen LogP contribution in [0, 0.1) is 12.7 Å². The van der Waals surface area contributed by atoms with E-state index in [1.807, 2.05) is 6.92 Å². The molecule has 0 aliphatic heterocycles. The van der Waals surface area contributed by atoms with Gasteiger partial charge in [-0.3, -0.25) is 0 Å². The zero-order valence-electron chi connectivity index (χ0n) is 8.67. The van der Waals surface area contributed by atoms with Crippen molar-refractivity contribution in [2.75, 3.05) is 5.73 Å². The molecule has 0 saturated carbocycles. The molecule has 0 fully saturated rings. The van der Waals surface area contributed by atoms with Gasteiger partial charge in [0.1, 0.15) is 11.6 Å².